The van der Waals surface area contributed by atoms with Crippen LogP contribution in [0.1, 0.15) is 54.1 Å². The molecule has 0 spiro atoms. The Morgan fingerprint density at radius 1 is 1.13 bits per heavy atom. The highest BCUT2D eigenvalue weighted by Crippen LogP contribution is 2.31. The Morgan fingerprint density at radius 3 is 2.81 bits per heavy atom. The van der Waals surface area contributed by atoms with Gasteiger partial charge in [-0.05, 0) is 89.1 Å². The van der Waals surface area contributed by atoms with Crippen molar-refractivity contribution in [2.75, 3.05) is 26.2 Å². The van der Waals surface area contributed by atoms with Crippen LogP contribution in [0.4, 0.5) is 0 Å². The fraction of sp³-hybridized carbons (Fsp3) is 0.385. The van der Waals surface area contributed by atoms with Crippen molar-refractivity contribution in [3.8, 4) is 5.75 Å². The average molecular weight is 438 g/mol. The van der Waals surface area contributed by atoms with Crippen molar-refractivity contribution in [3.05, 3.63) is 63.8 Å². The highest BCUT2D eigenvalue weighted by atomic mass is 32.1. The predicted molar refractivity (Wildman–Crippen MR) is 129 cm³/mol. The van der Waals surface area contributed by atoms with Gasteiger partial charge in [0.05, 0.1) is 12.2 Å². The number of rotatable bonds is 5. The van der Waals surface area contributed by atoms with Gasteiger partial charge in [0.25, 0.3) is 0 Å². The van der Waals surface area contributed by atoms with Crippen molar-refractivity contribution < 1.29 is 14.3 Å². The van der Waals surface area contributed by atoms with E-state index >= 15 is 0 Å². The van der Waals surface area contributed by atoms with Gasteiger partial charge in [-0.1, -0.05) is 25.6 Å². The number of hydrogen-bond acceptors (Lipinski definition) is 5. The maximum absolute atomic E-state index is 12.1. The Balaban J connectivity index is 0.000000883. The number of likely N-dealkylation sites (tertiary alicyclic amines) is 1. The molecule has 0 saturated carbocycles. The van der Waals surface area contributed by atoms with E-state index in [9.17, 15) is 4.79 Å². The van der Waals surface area contributed by atoms with E-state index in [0.29, 0.717) is 13.0 Å². The maximum atomic E-state index is 12.1. The van der Waals surface area contributed by atoms with E-state index in [1.54, 1.807) is 11.3 Å². The summed E-state index contributed by atoms with van der Waals surface area (Å²) in [5.41, 5.74) is 3.62. The number of fused-ring (bicyclic) bond motifs is 2. The van der Waals surface area contributed by atoms with E-state index in [-0.39, 0.29) is 13.2 Å². The molecular formula is C26H31NO3S. The first kappa shape index (κ1) is 23.2. The minimum Gasteiger partial charge on any atom is -0.492 e. The molecule has 1 aromatic heterocycles. The van der Waals surface area contributed by atoms with Crippen LogP contribution in [0.15, 0.2) is 47.2 Å². The molecule has 0 bridgehead atoms. The Morgan fingerprint density at radius 2 is 2.00 bits per heavy atom. The van der Waals surface area contributed by atoms with Crippen LogP contribution in [0.25, 0.3) is 10.8 Å². The van der Waals surface area contributed by atoms with Crippen molar-refractivity contribution >= 4 is 34.7 Å². The SMILES string of the molecule is C.C=O.O=C1CCOc2cc3cc(CCCN4CCC(c5ccsc5)C4)ccc3cc21. The van der Waals surface area contributed by atoms with Crippen LogP contribution in [0.5, 0.6) is 5.75 Å². The van der Waals surface area contributed by atoms with Crippen molar-refractivity contribution in [3.63, 3.8) is 0 Å². The number of Topliss-reactive ketones (excluding diaryl/α,β-unsaturated/α-hetero) is 1. The first-order valence-corrected chi connectivity index (χ1v) is 11.5. The highest BCUT2D eigenvalue weighted by molar-refractivity contribution is 7.08. The summed E-state index contributed by atoms with van der Waals surface area (Å²) in [5.74, 6) is 1.66. The second-order valence-electron chi connectivity index (χ2n) is 8.00. The van der Waals surface area contributed by atoms with E-state index in [4.69, 9.17) is 9.53 Å². The molecule has 5 rings (SSSR count). The van der Waals surface area contributed by atoms with Crippen LogP contribution in [-0.4, -0.2) is 43.7 Å². The topological polar surface area (TPSA) is 46.6 Å². The standard InChI is InChI=1S/C24H25NO2S.CH2O.CH4/c26-23-6-10-27-24-14-21-12-17(3-4-18(21)13-22(23)24)2-1-8-25-9-5-19(15-25)20-7-11-28-16-20;1-2;/h3-4,7,11-14,16,19H,1-2,5-6,8-10,15H2;1H2;1H4. The van der Waals surface area contributed by atoms with Crippen molar-refractivity contribution in [2.24, 2.45) is 0 Å². The van der Waals surface area contributed by atoms with Gasteiger partial charge in [-0.25, -0.2) is 0 Å². The first-order valence-electron chi connectivity index (χ1n) is 10.5. The average Bonchev–Trinajstić information content (AvgIpc) is 3.46. The third-order valence-electron chi connectivity index (χ3n) is 6.12. The lowest BCUT2D eigenvalue weighted by Crippen LogP contribution is -2.22. The molecular weight excluding hydrogens is 406 g/mol. The summed E-state index contributed by atoms with van der Waals surface area (Å²) in [4.78, 5) is 22.7. The predicted octanol–water partition coefficient (Wildman–Crippen LogP) is 5.74. The number of thiophene rings is 1. The quantitative estimate of drug-likeness (QED) is 0.511. The molecule has 0 aliphatic carbocycles. The van der Waals surface area contributed by atoms with E-state index in [1.807, 2.05) is 18.9 Å². The number of aryl methyl sites for hydroxylation is 1. The number of hydrogen-bond donors (Lipinski definition) is 0. The Bertz CT molecular complexity index is 1010. The van der Waals surface area contributed by atoms with Crippen LogP contribution in [0.2, 0.25) is 0 Å². The molecule has 0 amide bonds. The van der Waals surface area contributed by atoms with Gasteiger partial charge in [-0.2, -0.15) is 11.3 Å². The third-order valence-corrected chi connectivity index (χ3v) is 6.82. The molecule has 1 saturated heterocycles. The molecule has 3 heterocycles. The zero-order chi connectivity index (χ0) is 20.9. The van der Waals surface area contributed by atoms with Gasteiger partial charge >= 0.3 is 0 Å². The molecule has 1 atom stereocenters. The molecule has 0 radical (unpaired) electrons. The van der Waals surface area contributed by atoms with Gasteiger partial charge in [0.15, 0.2) is 5.78 Å². The summed E-state index contributed by atoms with van der Waals surface area (Å²) in [6, 6.07) is 12.9. The minimum atomic E-state index is 0. The number of carbonyl (C=O) groups is 2. The molecule has 31 heavy (non-hydrogen) atoms. The van der Waals surface area contributed by atoms with Crippen molar-refractivity contribution in [2.45, 2.75) is 39.0 Å². The van der Waals surface area contributed by atoms with Crippen LogP contribution < -0.4 is 4.74 Å². The molecule has 3 aromatic rings. The molecule has 4 nitrogen and oxygen atoms in total. The third kappa shape index (κ3) is 5.23. The number of ether oxygens (including phenoxy) is 1. The molecule has 2 aliphatic heterocycles. The van der Waals surface area contributed by atoms with E-state index in [0.717, 1.165) is 29.0 Å². The van der Waals surface area contributed by atoms with E-state index < -0.39 is 0 Å². The number of benzene rings is 2. The number of ketones is 1. The molecule has 1 fully saturated rings. The minimum absolute atomic E-state index is 0. The highest BCUT2D eigenvalue weighted by Gasteiger charge is 2.23. The van der Waals surface area contributed by atoms with Crippen LogP contribution >= 0.6 is 11.3 Å². The fourth-order valence-electron chi connectivity index (χ4n) is 4.53. The molecule has 1 unspecified atom stereocenters. The summed E-state index contributed by atoms with van der Waals surface area (Å²) in [6.45, 7) is 6.08. The lowest BCUT2D eigenvalue weighted by Gasteiger charge is -2.17. The van der Waals surface area contributed by atoms with Gasteiger partial charge in [0.2, 0.25) is 0 Å². The Labute approximate surface area is 188 Å². The van der Waals surface area contributed by atoms with Crippen molar-refractivity contribution in [1.82, 2.24) is 4.90 Å². The Hall–Kier alpha value is -2.50. The van der Waals surface area contributed by atoms with Crippen LogP contribution in [-0.2, 0) is 11.2 Å². The second-order valence-corrected chi connectivity index (χ2v) is 8.78. The normalized spacial score (nSPS) is 17.9. The molecule has 5 heteroatoms. The summed E-state index contributed by atoms with van der Waals surface area (Å²) >= 11 is 1.81. The van der Waals surface area contributed by atoms with E-state index in [2.05, 4.69) is 39.9 Å². The summed E-state index contributed by atoms with van der Waals surface area (Å²) in [7, 11) is 0. The maximum Gasteiger partial charge on any atom is 0.170 e. The summed E-state index contributed by atoms with van der Waals surface area (Å²) in [6.07, 6.45) is 4.05. The lowest BCUT2D eigenvalue weighted by molar-refractivity contribution is -0.0980. The largest absolute Gasteiger partial charge is 0.492 e. The number of carbonyl (C=O) groups excluding carboxylic acids is 2. The van der Waals surface area contributed by atoms with Crippen LogP contribution in [0.3, 0.4) is 0 Å². The lowest BCUT2D eigenvalue weighted by atomic mass is 9.98. The molecule has 2 aliphatic rings. The monoisotopic (exact) mass is 437 g/mol. The number of nitrogens with zero attached hydrogens (tertiary/aromatic N) is 1. The summed E-state index contributed by atoms with van der Waals surface area (Å²) < 4.78 is 5.70. The van der Waals surface area contributed by atoms with Crippen molar-refractivity contribution in [1.29, 1.82) is 0 Å². The Kier molecular flexibility index (Phi) is 7.99. The van der Waals surface area contributed by atoms with Gasteiger partial charge < -0.3 is 14.4 Å². The fourth-order valence-corrected chi connectivity index (χ4v) is 5.27. The molecule has 0 N–H and O–H groups in total. The van der Waals surface area contributed by atoms with Gasteiger partial charge in [-0.3, -0.25) is 4.79 Å². The zero-order valence-corrected chi connectivity index (χ0v) is 18.0. The smallest absolute Gasteiger partial charge is 0.170 e. The second kappa shape index (κ2) is 10.7. The summed E-state index contributed by atoms with van der Waals surface area (Å²) in [5, 5.41) is 6.79. The zero-order valence-electron chi connectivity index (χ0n) is 17.1. The van der Waals surface area contributed by atoms with E-state index in [1.165, 1.54) is 49.0 Å². The first-order chi connectivity index (χ1) is 14.8. The molecule has 2 aromatic carbocycles. The van der Waals surface area contributed by atoms with Gasteiger partial charge in [0, 0.05) is 13.0 Å². The van der Waals surface area contributed by atoms with Crippen LogP contribution in [0, 0.1) is 0 Å². The van der Waals surface area contributed by atoms with Gasteiger partial charge in [0.1, 0.15) is 12.5 Å². The van der Waals surface area contributed by atoms with Gasteiger partial charge in [-0.15, -0.1) is 0 Å². The molecule has 164 valence electrons.